The van der Waals surface area contributed by atoms with Gasteiger partial charge in [-0.15, -0.1) is 0 Å². The minimum atomic E-state index is -4.97. The maximum absolute atomic E-state index is 12.2. The van der Waals surface area contributed by atoms with Crippen LogP contribution in [-0.2, 0) is 20.0 Å². The molecular formula is C26H28LiO9P. The van der Waals surface area contributed by atoms with Crippen LogP contribution in [0.1, 0.15) is 18.4 Å². The van der Waals surface area contributed by atoms with Gasteiger partial charge in [-0.05, 0) is 57.1 Å². The second kappa shape index (κ2) is 11.3. The Morgan fingerprint density at radius 2 is 1.27 bits per heavy atom. The Balaban J connectivity index is 0.00000320. The van der Waals surface area contributed by atoms with Crippen LogP contribution in [-0.4, -0.2) is 68.8 Å². The molecule has 37 heavy (non-hydrogen) atoms. The first-order chi connectivity index (χ1) is 17.2. The molecule has 5 rings (SSSR count). The van der Waals surface area contributed by atoms with Crippen LogP contribution < -0.4 is 23.8 Å². The summed E-state index contributed by atoms with van der Waals surface area (Å²) in [5.74, 6) is 0. The van der Waals surface area contributed by atoms with Gasteiger partial charge < -0.3 is 39.5 Å². The van der Waals surface area contributed by atoms with E-state index in [1.807, 2.05) is 6.07 Å². The van der Waals surface area contributed by atoms with E-state index in [-0.39, 0.29) is 25.5 Å². The number of rotatable bonds is 8. The summed E-state index contributed by atoms with van der Waals surface area (Å²) < 4.78 is 21.8. The normalized spacial score (nSPS) is 27.9. The molecule has 4 aromatic carbocycles. The molecule has 11 heteroatoms. The summed E-state index contributed by atoms with van der Waals surface area (Å²) in [6, 6.07) is 18.9. The standard InChI is InChI=1S/C26H29O9P.Li/c27-21-22(28)24(30)26(25(31)23(21)29)35-36(32,33)34-13-2-1-4-14-7-8-17-10-9-15-5-3-6-16-11-12-18(14)20(17)19(15)16;/h3,5-12,21-31H,1-2,4,13H2,(H,32,33);/q;+1/p-1/t21?,22-,23+,24+,25-,26?;. The summed E-state index contributed by atoms with van der Waals surface area (Å²) in [6.45, 7) is -0.181. The molecule has 0 radical (unpaired) electrons. The van der Waals surface area contributed by atoms with Gasteiger partial charge in [-0.3, -0.25) is 4.57 Å². The number of aryl methyl sites for hydroxylation is 1. The van der Waals surface area contributed by atoms with E-state index >= 15 is 0 Å². The zero-order valence-electron chi connectivity index (χ0n) is 20.3. The van der Waals surface area contributed by atoms with Crippen molar-refractivity contribution in [3.8, 4) is 0 Å². The maximum Gasteiger partial charge on any atom is 1.00 e. The molecule has 0 spiro atoms. The van der Waals surface area contributed by atoms with Crippen molar-refractivity contribution in [3.05, 3.63) is 60.2 Å². The van der Waals surface area contributed by atoms with Crippen molar-refractivity contribution in [2.45, 2.75) is 55.9 Å². The summed E-state index contributed by atoms with van der Waals surface area (Å²) in [6.07, 6.45) is -9.62. The Morgan fingerprint density at radius 1 is 0.730 bits per heavy atom. The summed E-state index contributed by atoms with van der Waals surface area (Å²) in [5, 5.41) is 56.1. The van der Waals surface area contributed by atoms with Gasteiger partial charge in [0.15, 0.2) is 0 Å². The minimum Gasteiger partial charge on any atom is -0.756 e. The van der Waals surface area contributed by atoms with E-state index in [2.05, 4.69) is 48.5 Å². The molecule has 9 nitrogen and oxygen atoms in total. The average molecular weight is 522 g/mol. The van der Waals surface area contributed by atoms with Crippen molar-refractivity contribution in [2.75, 3.05) is 6.61 Å². The van der Waals surface area contributed by atoms with Crippen LogP contribution in [0.15, 0.2) is 54.6 Å². The van der Waals surface area contributed by atoms with Gasteiger partial charge in [-0.25, -0.2) is 0 Å². The third kappa shape index (κ3) is 5.46. The first-order valence-electron chi connectivity index (χ1n) is 11.9. The van der Waals surface area contributed by atoms with Crippen LogP contribution in [0.5, 0.6) is 0 Å². The molecule has 0 amide bonds. The number of unbranched alkanes of at least 4 members (excludes halogenated alkanes) is 1. The average Bonchev–Trinajstić information content (AvgIpc) is 2.88. The summed E-state index contributed by atoms with van der Waals surface area (Å²) in [7, 11) is -4.97. The Bertz CT molecular complexity index is 1380. The molecule has 0 saturated heterocycles. The zero-order chi connectivity index (χ0) is 25.6. The monoisotopic (exact) mass is 522 g/mol. The van der Waals surface area contributed by atoms with Crippen LogP contribution in [0.4, 0.5) is 0 Å². The molecule has 3 unspecified atom stereocenters. The molecule has 1 saturated carbocycles. The van der Waals surface area contributed by atoms with Crippen LogP contribution >= 0.6 is 7.82 Å². The van der Waals surface area contributed by atoms with Gasteiger partial charge in [0, 0.05) is 0 Å². The molecule has 5 N–H and O–H groups in total. The molecule has 4 aromatic rings. The summed E-state index contributed by atoms with van der Waals surface area (Å²) >= 11 is 0. The molecule has 192 valence electrons. The van der Waals surface area contributed by atoms with Crippen molar-refractivity contribution < 1.29 is 62.9 Å². The first kappa shape index (κ1) is 28.4. The van der Waals surface area contributed by atoms with E-state index in [1.54, 1.807) is 0 Å². The second-order valence-electron chi connectivity index (χ2n) is 9.34. The zero-order valence-corrected chi connectivity index (χ0v) is 21.2. The van der Waals surface area contributed by atoms with Gasteiger partial charge in [0.1, 0.15) is 36.6 Å². The van der Waals surface area contributed by atoms with E-state index in [1.165, 1.54) is 26.9 Å². The predicted molar refractivity (Wildman–Crippen MR) is 132 cm³/mol. The fourth-order valence-corrected chi connectivity index (χ4v) is 6.07. The predicted octanol–water partition coefficient (Wildman–Crippen LogP) is -1.40. The molecule has 0 bridgehead atoms. The fraction of sp³-hybridized carbons (Fsp3) is 0.385. The topological polar surface area (TPSA) is 160 Å². The van der Waals surface area contributed by atoms with Crippen molar-refractivity contribution in [2.24, 2.45) is 0 Å². The Kier molecular flexibility index (Phi) is 8.66. The summed E-state index contributed by atoms with van der Waals surface area (Å²) in [5.41, 5.74) is 1.15. The molecule has 0 aliphatic heterocycles. The van der Waals surface area contributed by atoms with Crippen molar-refractivity contribution >= 4 is 40.1 Å². The third-order valence-corrected chi connectivity index (χ3v) is 8.03. The van der Waals surface area contributed by atoms with Gasteiger partial charge in [0.05, 0.1) is 6.61 Å². The summed E-state index contributed by atoms with van der Waals surface area (Å²) in [4.78, 5) is 12.2. The Hall–Kier alpha value is -1.57. The van der Waals surface area contributed by atoms with Crippen molar-refractivity contribution in [1.82, 2.24) is 0 Å². The molecular weight excluding hydrogens is 494 g/mol. The van der Waals surface area contributed by atoms with Gasteiger partial charge in [-0.2, -0.15) is 0 Å². The van der Waals surface area contributed by atoms with Gasteiger partial charge in [0.25, 0.3) is 7.82 Å². The SMILES string of the molecule is O=P([O-])(OCCCCc1ccc2ccc3cccc4ccc1c2c34)OC1[C@@H](O)[C@H](O)C(O)[C@H](O)[C@H]1O.[Li+]. The van der Waals surface area contributed by atoms with Crippen LogP contribution in [0.25, 0.3) is 32.3 Å². The number of phosphoric acid groups is 1. The molecule has 7 atom stereocenters. The first-order valence-corrected chi connectivity index (χ1v) is 13.3. The minimum absolute atomic E-state index is 0. The number of aliphatic hydroxyl groups excluding tert-OH is 5. The van der Waals surface area contributed by atoms with E-state index in [4.69, 9.17) is 9.05 Å². The van der Waals surface area contributed by atoms with Gasteiger partial charge in [0.2, 0.25) is 0 Å². The number of hydrogen-bond acceptors (Lipinski definition) is 9. The van der Waals surface area contributed by atoms with E-state index in [0.29, 0.717) is 19.3 Å². The maximum atomic E-state index is 12.2. The van der Waals surface area contributed by atoms with Gasteiger partial charge >= 0.3 is 18.9 Å². The largest absolute Gasteiger partial charge is 1.00 e. The molecule has 0 heterocycles. The van der Waals surface area contributed by atoms with Crippen LogP contribution in [0, 0.1) is 0 Å². The number of hydrogen-bond donors (Lipinski definition) is 5. The number of benzene rings is 4. The van der Waals surface area contributed by atoms with E-state index < -0.39 is 44.4 Å². The Morgan fingerprint density at radius 3 is 1.92 bits per heavy atom. The quantitative estimate of drug-likeness (QED) is 0.0812. The number of aliphatic hydroxyl groups is 5. The van der Waals surface area contributed by atoms with Crippen LogP contribution in [0.2, 0.25) is 0 Å². The molecule has 1 aliphatic rings. The van der Waals surface area contributed by atoms with Crippen molar-refractivity contribution in [1.29, 1.82) is 0 Å². The second-order valence-corrected chi connectivity index (χ2v) is 10.7. The molecule has 0 aromatic heterocycles. The Labute approximate surface area is 225 Å². The van der Waals surface area contributed by atoms with E-state index in [0.717, 1.165) is 10.9 Å². The van der Waals surface area contributed by atoms with Crippen molar-refractivity contribution in [3.63, 3.8) is 0 Å². The van der Waals surface area contributed by atoms with Crippen LogP contribution in [0.3, 0.4) is 0 Å². The molecule has 1 aliphatic carbocycles. The number of phosphoric ester groups is 1. The van der Waals surface area contributed by atoms with E-state index in [9.17, 15) is 35.0 Å². The van der Waals surface area contributed by atoms with Gasteiger partial charge in [-0.1, -0.05) is 54.6 Å². The smallest absolute Gasteiger partial charge is 0.756 e. The fourth-order valence-electron chi connectivity index (χ4n) is 5.11. The molecule has 1 fully saturated rings. The third-order valence-electron chi connectivity index (χ3n) is 7.03.